The van der Waals surface area contributed by atoms with Crippen molar-refractivity contribution in [2.75, 3.05) is 12.4 Å². The molecule has 0 saturated heterocycles. The average Bonchev–Trinajstić information content (AvgIpc) is 3.36. The van der Waals surface area contributed by atoms with Crippen molar-refractivity contribution >= 4 is 29.4 Å². The maximum absolute atomic E-state index is 12.5. The molecule has 2 atom stereocenters. The van der Waals surface area contributed by atoms with Gasteiger partial charge >= 0.3 is 6.03 Å². The van der Waals surface area contributed by atoms with E-state index in [0.717, 1.165) is 49.0 Å². The second kappa shape index (κ2) is 7.91. The van der Waals surface area contributed by atoms with Gasteiger partial charge in [0.1, 0.15) is 5.82 Å². The summed E-state index contributed by atoms with van der Waals surface area (Å²) in [5, 5.41) is 13.4. The van der Waals surface area contributed by atoms with Gasteiger partial charge in [0.05, 0.1) is 17.1 Å². The van der Waals surface area contributed by atoms with Crippen molar-refractivity contribution in [3.05, 3.63) is 29.2 Å². The van der Waals surface area contributed by atoms with E-state index in [9.17, 15) is 9.59 Å². The molecule has 2 aromatic heterocycles. The fourth-order valence-corrected chi connectivity index (χ4v) is 4.74. The van der Waals surface area contributed by atoms with Gasteiger partial charge < -0.3 is 10.6 Å². The van der Waals surface area contributed by atoms with Crippen LogP contribution in [0.3, 0.4) is 0 Å². The third kappa shape index (κ3) is 4.01. The molecule has 4 rings (SSSR count). The number of hydrogen-bond acceptors (Lipinski definition) is 4. The first kappa shape index (κ1) is 20.7. The fraction of sp³-hybridized carbons (Fsp3) is 0.524. The van der Waals surface area contributed by atoms with Gasteiger partial charge in [0.2, 0.25) is 5.91 Å². The first-order valence-corrected chi connectivity index (χ1v) is 10.6. The van der Waals surface area contributed by atoms with Crippen molar-refractivity contribution in [3.63, 3.8) is 0 Å². The number of carbonyl (C=O) groups excluding carboxylic acids is 2. The quantitative estimate of drug-likeness (QED) is 0.693. The summed E-state index contributed by atoms with van der Waals surface area (Å²) in [7, 11) is 1.62. The number of urea groups is 1. The second-order valence-corrected chi connectivity index (χ2v) is 9.32. The number of halogens is 1. The number of pyridine rings is 1. The zero-order chi connectivity index (χ0) is 21.5. The minimum atomic E-state index is -0.377. The molecule has 0 spiro atoms. The van der Waals surface area contributed by atoms with Crippen molar-refractivity contribution in [2.45, 2.75) is 52.1 Å². The Bertz CT molecular complexity index is 986. The number of rotatable bonds is 4. The van der Waals surface area contributed by atoms with E-state index < -0.39 is 0 Å². The molecule has 3 heterocycles. The van der Waals surface area contributed by atoms with Crippen LogP contribution >= 0.6 is 11.6 Å². The molecule has 8 nitrogen and oxygen atoms in total. The molecule has 3 amide bonds. The van der Waals surface area contributed by atoms with Gasteiger partial charge in [-0.1, -0.05) is 31.9 Å². The zero-order valence-electron chi connectivity index (χ0n) is 17.5. The molecule has 1 fully saturated rings. The van der Waals surface area contributed by atoms with Crippen molar-refractivity contribution in [2.24, 2.45) is 11.3 Å². The molecule has 2 aliphatic rings. The van der Waals surface area contributed by atoms with E-state index in [1.807, 2.05) is 10.9 Å². The Morgan fingerprint density at radius 2 is 2.03 bits per heavy atom. The summed E-state index contributed by atoms with van der Waals surface area (Å²) in [6.45, 7) is 5.30. The number of nitrogens with zero attached hydrogens (tertiary/aromatic N) is 3. The maximum atomic E-state index is 12.5. The van der Waals surface area contributed by atoms with E-state index in [-0.39, 0.29) is 29.3 Å². The predicted molar refractivity (Wildman–Crippen MR) is 115 cm³/mol. The van der Waals surface area contributed by atoms with Crippen molar-refractivity contribution in [3.8, 4) is 11.1 Å². The standard InChI is InChI=1S/C21H27ClN6O2/c1-21(2)8-17-14(9-25-28(17)11-21)13-7-18(24-10-15(13)22)27-20(30)26-16-6-4-5-12(16)19(29)23-3/h7,9-10,12,16H,4-6,8,11H2,1-3H3,(H,23,29)(H2,24,26,27,30)/t12-,16-/m1/s1. The molecule has 0 aromatic carbocycles. The summed E-state index contributed by atoms with van der Waals surface area (Å²) in [5.74, 6) is 0.161. The molecule has 9 heteroatoms. The van der Waals surface area contributed by atoms with Crippen molar-refractivity contribution in [1.29, 1.82) is 0 Å². The summed E-state index contributed by atoms with van der Waals surface area (Å²) in [6, 6.07) is 1.21. The summed E-state index contributed by atoms with van der Waals surface area (Å²) >= 11 is 6.43. The van der Waals surface area contributed by atoms with Gasteiger partial charge in [-0.05, 0) is 30.7 Å². The SMILES string of the molecule is CNC(=O)[C@@H]1CCC[C@H]1NC(=O)Nc1cc(-c2cnn3c2CC(C)(C)C3)c(Cl)cn1. The first-order chi connectivity index (χ1) is 14.3. The largest absolute Gasteiger partial charge is 0.359 e. The number of amides is 3. The Labute approximate surface area is 180 Å². The molecule has 3 N–H and O–H groups in total. The zero-order valence-corrected chi connectivity index (χ0v) is 18.2. The highest BCUT2D eigenvalue weighted by atomic mass is 35.5. The maximum Gasteiger partial charge on any atom is 0.320 e. The lowest BCUT2D eigenvalue weighted by Gasteiger charge is -2.20. The smallest absolute Gasteiger partial charge is 0.320 e. The third-order valence-electron chi connectivity index (χ3n) is 5.98. The third-order valence-corrected chi connectivity index (χ3v) is 6.28. The summed E-state index contributed by atoms with van der Waals surface area (Å²) < 4.78 is 2.02. The number of anilines is 1. The first-order valence-electron chi connectivity index (χ1n) is 10.3. The molecule has 0 unspecified atom stereocenters. The fourth-order valence-electron chi connectivity index (χ4n) is 4.54. The van der Waals surface area contributed by atoms with Crippen molar-refractivity contribution in [1.82, 2.24) is 25.4 Å². The van der Waals surface area contributed by atoms with Crippen LogP contribution < -0.4 is 16.0 Å². The van der Waals surface area contributed by atoms with Gasteiger partial charge in [0, 0.05) is 42.7 Å². The lowest BCUT2D eigenvalue weighted by molar-refractivity contribution is -0.124. The van der Waals surface area contributed by atoms with E-state index in [4.69, 9.17) is 11.6 Å². The lowest BCUT2D eigenvalue weighted by Crippen LogP contribution is -2.44. The predicted octanol–water partition coefficient (Wildman–Crippen LogP) is 3.22. The lowest BCUT2D eigenvalue weighted by atomic mass is 9.89. The Morgan fingerprint density at radius 3 is 2.80 bits per heavy atom. The summed E-state index contributed by atoms with van der Waals surface area (Å²) in [5.41, 5.74) is 3.06. The van der Waals surface area contributed by atoms with E-state index in [2.05, 4.69) is 39.9 Å². The highest BCUT2D eigenvalue weighted by Crippen LogP contribution is 2.39. The summed E-state index contributed by atoms with van der Waals surface area (Å²) in [6.07, 6.45) is 6.74. The van der Waals surface area contributed by atoms with Crippen LogP contribution in [-0.2, 0) is 17.8 Å². The second-order valence-electron chi connectivity index (χ2n) is 8.91. The van der Waals surface area contributed by atoms with Crippen molar-refractivity contribution < 1.29 is 9.59 Å². The van der Waals surface area contributed by atoms with Gasteiger partial charge in [-0.2, -0.15) is 5.10 Å². The van der Waals surface area contributed by atoms with Crippen LogP contribution in [0.15, 0.2) is 18.5 Å². The van der Waals surface area contributed by atoms with Gasteiger partial charge in [-0.25, -0.2) is 9.78 Å². The molecular weight excluding hydrogens is 404 g/mol. The Morgan fingerprint density at radius 1 is 1.23 bits per heavy atom. The molecule has 1 aliphatic carbocycles. The van der Waals surface area contributed by atoms with Gasteiger partial charge in [0.15, 0.2) is 0 Å². The van der Waals surface area contributed by atoms with Crippen LogP contribution in [0.4, 0.5) is 10.6 Å². The molecule has 0 radical (unpaired) electrons. The Kier molecular flexibility index (Phi) is 5.44. The average molecular weight is 431 g/mol. The van der Waals surface area contributed by atoms with Gasteiger partial charge in [-0.15, -0.1) is 0 Å². The Balaban J connectivity index is 1.50. The number of fused-ring (bicyclic) bond motifs is 1. The number of carbonyl (C=O) groups is 2. The monoisotopic (exact) mass is 430 g/mol. The van der Waals surface area contributed by atoms with E-state index in [1.165, 1.54) is 0 Å². The minimum Gasteiger partial charge on any atom is -0.359 e. The minimum absolute atomic E-state index is 0.0392. The molecule has 1 saturated carbocycles. The number of hydrogen-bond donors (Lipinski definition) is 3. The Hall–Kier alpha value is -2.61. The van der Waals surface area contributed by atoms with Crippen LogP contribution in [0.1, 0.15) is 38.8 Å². The molecular formula is C21H27ClN6O2. The van der Waals surface area contributed by atoms with E-state index in [1.54, 1.807) is 19.3 Å². The van der Waals surface area contributed by atoms with Crippen LogP contribution in [0.25, 0.3) is 11.1 Å². The van der Waals surface area contributed by atoms with Gasteiger partial charge in [-0.3, -0.25) is 14.8 Å². The van der Waals surface area contributed by atoms with E-state index in [0.29, 0.717) is 10.8 Å². The number of nitrogens with one attached hydrogen (secondary N) is 3. The van der Waals surface area contributed by atoms with Crippen LogP contribution in [0.5, 0.6) is 0 Å². The molecule has 1 aliphatic heterocycles. The molecule has 0 bridgehead atoms. The van der Waals surface area contributed by atoms with Crippen LogP contribution in [0.2, 0.25) is 5.02 Å². The van der Waals surface area contributed by atoms with Crippen LogP contribution in [0, 0.1) is 11.3 Å². The topological polar surface area (TPSA) is 101 Å². The van der Waals surface area contributed by atoms with E-state index >= 15 is 0 Å². The summed E-state index contributed by atoms with van der Waals surface area (Å²) in [4.78, 5) is 28.8. The molecule has 160 valence electrons. The van der Waals surface area contributed by atoms with Crippen LogP contribution in [-0.4, -0.2) is 39.8 Å². The normalized spacial score (nSPS) is 21.9. The molecule has 2 aromatic rings. The number of aromatic nitrogens is 3. The highest BCUT2D eigenvalue weighted by Gasteiger charge is 2.34. The highest BCUT2D eigenvalue weighted by molar-refractivity contribution is 6.33. The molecule has 30 heavy (non-hydrogen) atoms. The van der Waals surface area contributed by atoms with Gasteiger partial charge in [0.25, 0.3) is 0 Å².